The molecule has 2 rings (SSSR count). The van der Waals surface area contributed by atoms with Crippen LogP contribution >= 0.6 is 0 Å². The van der Waals surface area contributed by atoms with Gasteiger partial charge in [-0.25, -0.2) is 13.2 Å². The quantitative estimate of drug-likeness (QED) is 0.891. The molecule has 0 saturated heterocycles. The molecule has 1 atom stereocenters. The summed E-state index contributed by atoms with van der Waals surface area (Å²) in [6.07, 6.45) is 0. The van der Waals surface area contributed by atoms with Crippen molar-refractivity contribution in [3.8, 4) is 0 Å². The van der Waals surface area contributed by atoms with Crippen molar-refractivity contribution in [1.82, 2.24) is 0 Å². The lowest BCUT2D eigenvalue weighted by Crippen LogP contribution is -2.15. The van der Waals surface area contributed by atoms with Crippen molar-refractivity contribution in [3.63, 3.8) is 0 Å². The van der Waals surface area contributed by atoms with Crippen LogP contribution in [0.15, 0.2) is 42.5 Å². The van der Waals surface area contributed by atoms with Crippen LogP contribution in [0.4, 0.5) is 18.9 Å². The van der Waals surface area contributed by atoms with Crippen LogP contribution in [0.3, 0.4) is 0 Å². The van der Waals surface area contributed by atoms with E-state index in [0.29, 0.717) is 5.69 Å². The van der Waals surface area contributed by atoms with Gasteiger partial charge in [-0.3, -0.25) is 0 Å². The number of benzene rings is 2. The second-order valence-corrected chi connectivity index (χ2v) is 4.09. The van der Waals surface area contributed by atoms with Gasteiger partial charge in [-0.2, -0.15) is 0 Å². The van der Waals surface area contributed by atoms with E-state index in [1.807, 2.05) is 0 Å². The van der Waals surface area contributed by atoms with Crippen molar-refractivity contribution in [2.75, 3.05) is 11.9 Å². The van der Waals surface area contributed by atoms with E-state index in [1.54, 1.807) is 6.07 Å². The summed E-state index contributed by atoms with van der Waals surface area (Å²) in [6.45, 7) is -0.376. The summed E-state index contributed by atoms with van der Waals surface area (Å²) in [4.78, 5) is 0. The molecular formula is C14H12F3NO. The minimum Gasteiger partial charge on any atom is -0.394 e. The van der Waals surface area contributed by atoms with E-state index in [4.69, 9.17) is 0 Å². The number of nitrogens with one attached hydrogen (secondary N) is 1. The zero-order valence-electron chi connectivity index (χ0n) is 9.91. The Hall–Kier alpha value is -2.01. The van der Waals surface area contributed by atoms with E-state index in [9.17, 15) is 18.3 Å². The third kappa shape index (κ3) is 3.48. The van der Waals surface area contributed by atoms with E-state index in [1.165, 1.54) is 18.2 Å². The largest absolute Gasteiger partial charge is 0.394 e. The maximum absolute atomic E-state index is 13.1. The lowest BCUT2D eigenvalue weighted by Gasteiger charge is -2.18. The maximum atomic E-state index is 13.1. The van der Waals surface area contributed by atoms with Gasteiger partial charge in [0, 0.05) is 11.8 Å². The summed E-state index contributed by atoms with van der Waals surface area (Å²) < 4.78 is 39.3. The number of aliphatic hydroxyl groups is 1. The monoisotopic (exact) mass is 267 g/mol. The van der Waals surface area contributed by atoms with Crippen LogP contribution in [0.5, 0.6) is 0 Å². The minimum absolute atomic E-state index is 0.254. The molecule has 0 saturated carbocycles. The van der Waals surface area contributed by atoms with Gasteiger partial charge in [0.05, 0.1) is 12.6 Å². The molecule has 0 aliphatic rings. The fourth-order valence-corrected chi connectivity index (χ4v) is 1.79. The van der Waals surface area contributed by atoms with Crippen molar-refractivity contribution in [2.45, 2.75) is 6.04 Å². The number of anilines is 1. The summed E-state index contributed by atoms with van der Waals surface area (Å²) >= 11 is 0. The van der Waals surface area contributed by atoms with Crippen molar-refractivity contribution in [3.05, 3.63) is 65.5 Å². The van der Waals surface area contributed by atoms with Crippen molar-refractivity contribution in [2.24, 2.45) is 0 Å². The van der Waals surface area contributed by atoms with Crippen LogP contribution in [-0.4, -0.2) is 11.7 Å². The molecule has 0 radical (unpaired) electrons. The van der Waals surface area contributed by atoms with Crippen LogP contribution in [0, 0.1) is 17.5 Å². The van der Waals surface area contributed by atoms with Gasteiger partial charge >= 0.3 is 0 Å². The first kappa shape index (κ1) is 13.4. The second-order valence-electron chi connectivity index (χ2n) is 4.09. The Morgan fingerprint density at radius 2 is 1.63 bits per heavy atom. The highest BCUT2D eigenvalue weighted by atomic mass is 19.1. The third-order valence-corrected chi connectivity index (χ3v) is 2.64. The average molecular weight is 267 g/mol. The number of hydrogen-bond donors (Lipinski definition) is 2. The van der Waals surface area contributed by atoms with Crippen LogP contribution in [0.1, 0.15) is 11.6 Å². The number of aliphatic hydroxyl groups excluding tert-OH is 1. The fourth-order valence-electron chi connectivity index (χ4n) is 1.79. The number of rotatable bonds is 4. The van der Waals surface area contributed by atoms with Gasteiger partial charge < -0.3 is 10.4 Å². The van der Waals surface area contributed by atoms with Gasteiger partial charge in [-0.05, 0) is 35.9 Å². The molecule has 5 heteroatoms. The zero-order chi connectivity index (χ0) is 13.8. The van der Waals surface area contributed by atoms with E-state index >= 15 is 0 Å². The van der Waals surface area contributed by atoms with E-state index in [-0.39, 0.29) is 12.2 Å². The summed E-state index contributed by atoms with van der Waals surface area (Å²) in [7, 11) is 0. The first-order chi connectivity index (χ1) is 9.08. The van der Waals surface area contributed by atoms with Crippen LogP contribution in [-0.2, 0) is 0 Å². The Morgan fingerprint density at radius 1 is 0.947 bits per heavy atom. The topological polar surface area (TPSA) is 32.3 Å². The molecule has 0 aliphatic carbocycles. The van der Waals surface area contributed by atoms with Gasteiger partial charge in [0.25, 0.3) is 0 Å². The first-order valence-corrected chi connectivity index (χ1v) is 5.67. The minimum atomic E-state index is -0.727. The maximum Gasteiger partial charge on any atom is 0.126 e. The van der Waals surface area contributed by atoms with Crippen molar-refractivity contribution < 1.29 is 18.3 Å². The van der Waals surface area contributed by atoms with Gasteiger partial charge in [-0.1, -0.05) is 6.07 Å². The molecule has 2 nitrogen and oxygen atoms in total. The molecule has 19 heavy (non-hydrogen) atoms. The first-order valence-electron chi connectivity index (χ1n) is 5.67. The Bertz CT molecular complexity index is 554. The second kappa shape index (κ2) is 5.75. The predicted octanol–water partition coefficient (Wildman–Crippen LogP) is 3.25. The summed E-state index contributed by atoms with van der Waals surface area (Å²) in [5, 5.41) is 12.1. The highest BCUT2D eigenvalue weighted by molar-refractivity contribution is 5.45. The average Bonchev–Trinajstić information content (AvgIpc) is 2.34. The van der Waals surface area contributed by atoms with E-state index in [2.05, 4.69) is 5.32 Å². The van der Waals surface area contributed by atoms with Gasteiger partial charge in [0.15, 0.2) is 0 Å². The Labute approximate surface area is 108 Å². The smallest absolute Gasteiger partial charge is 0.126 e. The van der Waals surface area contributed by atoms with Crippen LogP contribution in [0.25, 0.3) is 0 Å². The third-order valence-electron chi connectivity index (χ3n) is 2.64. The molecule has 2 N–H and O–H groups in total. The molecule has 0 fully saturated rings. The normalized spacial score (nSPS) is 12.2. The highest BCUT2D eigenvalue weighted by Crippen LogP contribution is 2.21. The summed E-state index contributed by atoms with van der Waals surface area (Å²) in [5.74, 6) is -1.89. The Kier molecular flexibility index (Phi) is 4.06. The lowest BCUT2D eigenvalue weighted by atomic mass is 10.1. The van der Waals surface area contributed by atoms with E-state index < -0.39 is 23.5 Å². The molecule has 2 aromatic carbocycles. The SMILES string of the molecule is OCC(Nc1cccc(F)c1)c1cc(F)cc(F)c1. The van der Waals surface area contributed by atoms with Gasteiger partial charge in [0.2, 0.25) is 0 Å². The summed E-state index contributed by atoms with van der Waals surface area (Å²) in [5.41, 5.74) is 0.674. The summed E-state index contributed by atoms with van der Waals surface area (Å²) in [6, 6.07) is 7.89. The number of halogens is 3. The molecule has 100 valence electrons. The molecule has 0 spiro atoms. The Morgan fingerprint density at radius 3 is 2.21 bits per heavy atom. The molecule has 0 aromatic heterocycles. The standard InChI is InChI=1S/C14H12F3NO/c15-10-2-1-3-13(7-10)18-14(8-19)9-4-11(16)6-12(17)5-9/h1-7,14,18-19H,8H2. The molecule has 2 aromatic rings. The molecule has 0 aliphatic heterocycles. The Balaban J connectivity index is 2.24. The molecular weight excluding hydrogens is 255 g/mol. The fraction of sp³-hybridized carbons (Fsp3) is 0.143. The molecule has 0 amide bonds. The van der Waals surface area contributed by atoms with E-state index in [0.717, 1.165) is 18.2 Å². The molecule has 0 bridgehead atoms. The van der Waals surface area contributed by atoms with Gasteiger partial charge in [-0.15, -0.1) is 0 Å². The highest BCUT2D eigenvalue weighted by Gasteiger charge is 2.13. The van der Waals surface area contributed by atoms with Crippen molar-refractivity contribution >= 4 is 5.69 Å². The predicted molar refractivity (Wildman–Crippen MR) is 66.2 cm³/mol. The van der Waals surface area contributed by atoms with Crippen molar-refractivity contribution in [1.29, 1.82) is 0 Å². The van der Waals surface area contributed by atoms with Crippen LogP contribution in [0.2, 0.25) is 0 Å². The van der Waals surface area contributed by atoms with Gasteiger partial charge in [0.1, 0.15) is 17.5 Å². The molecule has 0 heterocycles. The molecule has 1 unspecified atom stereocenters. The number of hydrogen-bond acceptors (Lipinski definition) is 2. The zero-order valence-corrected chi connectivity index (χ0v) is 9.91. The lowest BCUT2D eigenvalue weighted by molar-refractivity contribution is 0.276. The van der Waals surface area contributed by atoms with Crippen LogP contribution < -0.4 is 5.32 Å².